The zero-order chi connectivity index (χ0) is 23.5. The molecule has 1 amide bonds. The molecule has 3 aromatic rings. The minimum absolute atomic E-state index is 0.0255. The van der Waals surface area contributed by atoms with Crippen LogP contribution in [0.1, 0.15) is 21.7 Å². The maximum Gasteiger partial charge on any atom is 0.264 e. The van der Waals surface area contributed by atoms with E-state index in [-0.39, 0.29) is 22.1 Å². The van der Waals surface area contributed by atoms with Gasteiger partial charge in [-0.1, -0.05) is 6.07 Å². The molecule has 10 nitrogen and oxygen atoms in total. The van der Waals surface area contributed by atoms with Crippen molar-refractivity contribution < 1.29 is 21.6 Å². The summed E-state index contributed by atoms with van der Waals surface area (Å²) < 4.78 is 52.5. The number of amides is 1. The van der Waals surface area contributed by atoms with E-state index >= 15 is 0 Å². The van der Waals surface area contributed by atoms with Crippen LogP contribution in [-0.4, -0.2) is 39.0 Å². The van der Waals surface area contributed by atoms with E-state index in [1.54, 1.807) is 26.0 Å². The number of carbonyl (C=O) groups is 1. The summed E-state index contributed by atoms with van der Waals surface area (Å²) in [4.78, 5) is 20.6. The van der Waals surface area contributed by atoms with E-state index in [1.807, 2.05) is 0 Å². The number of rotatable bonds is 7. The maximum atomic E-state index is 12.6. The van der Waals surface area contributed by atoms with Crippen LogP contribution in [0.2, 0.25) is 0 Å². The second-order valence-corrected chi connectivity index (χ2v) is 10.4. The lowest BCUT2D eigenvalue weighted by Gasteiger charge is -2.10. The van der Waals surface area contributed by atoms with E-state index in [9.17, 15) is 21.6 Å². The summed E-state index contributed by atoms with van der Waals surface area (Å²) in [6.07, 6.45) is 1.01. The third-order valence-corrected chi connectivity index (χ3v) is 6.01. The zero-order valence-electron chi connectivity index (χ0n) is 17.4. The Morgan fingerprint density at radius 1 is 0.812 bits per heavy atom. The number of aromatic nitrogens is 2. The van der Waals surface area contributed by atoms with Gasteiger partial charge >= 0.3 is 0 Å². The summed E-state index contributed by atoms with van der Waals surface area (Å²) in [6, 6.07) is 13.2. The average molecular weight is 476 g/mol. The maximum absolute atomic E-state index is 12.6. The standard InChI is InChI=1S/C20H21N5O5S2/c1-13-11-14(2)22-20(21-13)25-32(29,30)18-9-7-16(8-10-18)23-19(26)15-5-4-6-17(12-15)24-31(3,27)28/h4-12,24H,1-3H3,(H,23,26)(H,21,22,25). The van der Waals surface area contributed by atoms with E-state index < -0.39 is 26.0 Å². The summed E-state index contributed by atoms with van der Waals surface area (Å²) >= 11 is 0. The number of aryl methyl sites for hydroxylation is 2. The fraction of sp³-hybridized carbons (Fsp3) is 0.150. The monoisotopic (exact) mass is 475 g/mol. The summed E-state index contributed by atoms with van der Waals surface area (Å²) in [7, 11) is -7.40. The third-order valence-electron chi connectivity index (χ3n) is 4.06. The normalized spacial score (nSPS) is 11.6. The molecule has 0 saturated carbocycles. The molecule has 0 fully saturated rings. The molecule has 32 heavy (non-hydrogen) atoms. The van der Waals surface area contributed by atoms with Crippen LogP contribution < -0.4 is 14.8 Å². The molecule has 0 aliphatic heterocycles. The smallest absolute Gasteiger partial charge is 0.264 e. The topological polar surface area (TPSA) is 147 Å². The lowest BCUT2D eigenvalue weighted by atomic mass is 10.2. The molecule has 0 spiro atoms. The van der Waals surface area contributed by atoms with Crippen LogP contribution in [-0.2, 0) is 20.0 Å². The quantitative estimate of drug-likeness (QED) is 0.476. The van der Waals surface area contributed by atoms with Gasteiger partial charge in [-0.05, 0) is 62.4 Å². The van der Waals surface area contributed by atoms with Crippen molar-refractivity contribution in [2.24, 2.45) is 0 Å². The average Bonchev–Trinajstić information content (AvgIpc) is 2.66. The highest BCUT2D eigenvalue weighted by atomic mass is 32.2. The van der Waals surface area contributed by atoms with E-state index in [1.165, 1.54) is 42.5 Å². The molecular formula is C20H21N5O5S2. The van der Waals surface area contributed by atoms with Gasteiger partial charge in [0.1, 0.15) is 0 Å². The SMILES string of the molecule is Cc1cc(C)nc(NS(=O)(=O)c2ccc(NC(=O)c3cccc(NS(C)(=O)=O)c3)cc2)n1. The first-order chi connectivity index (χ1) is 14.9. The van der Waals surface area contributed by atoms with Gasteiger partial charge in [0, 0.05) is 28.3 Å². The second kappa shape index (κ2) is 8.93. The Kier molecular flexibility index (Phi) is 6.46. The van der Waals surface area contributed by atoms with Gasteiger partial charge in [-0.15, -0.1) is 0 Å². The molecule has 0 radical (unpaired) electrons. The van der Waals surface area contributed by atoms with Crippen LogP contribution >= 0.6 is 0 Å². The van der Waals surface area contributed by atoms with Gasteiger partial charge in [-0.25, -0.2) is 31.5 Å². The van der Waals surface area contributed by atoms with Crippen molar-refractivity contribution in [3.05, 3.63) is 71.5 Å². The molecule has 2 aromatic carbocycles. The number of sulfonamides is 2. The molecule has 0 unspecified atom stereocenters. The zero-order valence-corrected chi connectivity index (χ0v) is 19.1. The van der Waals surface area contributed by atoms with Crippen LogP contribution in [0.15, 0.2) is 59.5 Å². The molecule has 1 aromatic heterocycles. The van der Waals surface area contributed by atoms with Gasteiger partial charge in [0.2, 0.25) is 16.0 Å². The third kappa shape index (κ3) is 6.25. The van der Waals surface area contributed by atoms with Crippen LogP contribution in [0.25, 0.3) is 0 Å². The van der Waals surface area contributed by atoms with Crippen molar-refractivity contribution >= 4 is 43.3 Å². The van der Waals surface area contributed by atoms with Crippen LogP contribution in [0, 0.1) is 13.8 Å². The van der Waals surface area contributed by atoms with E-state index in [0.29, 0.717) is 17.1 Å². The Balaban J connectivity index is 1.73. The lowest BCUT2D eigenvalue weighted by molar-refractivity contribution is 0.102. The molecule has 0 aliphatic carbocycles. The largest absolute Gasteiger partial charge is 0.322 e. The minimum Gasteiger partial charge on any atom is -0.322 e. The molecule has 1 heterocycles. The molecule has 12 heteroatoms. The van der Waals surface area contributed by atoms with Gasteiger partial charge in [0.05, 0.1) is 11.2 Å². The van der Waals surface area contributed by atoms with Crippen molar-refractivity contribution in [3.63, 3.8) is 0 Å². The molecule has 3 rings (SSSR count). The fourth-order valence-corrected chi connectivity index (χ4v) is 4.31. The summed E-state index contributed by atoms with van der Waals surface area (Å²) in [5, 5.41) is 2.64. The Morgan fingerprint density at radius 2 is 1.44 bits per heavy atom. The van der Waals surface area contributed by atoms with Crippen LogP contribution in [0.4, 0.5) is 17.3 Å². The predicted molar refractivity (Wildman–Crippen MR) is 122 cm³/mol. The van der Waals surface area contributed by atoms with E-state index in [4.69, 9.17) is 0 Å². The Bertz CT molecular complexity index is 1350. The molecule has 0 saturated heterocycles. The number of hydrogen-bond donors (Lipinski definition) is 3. The van der Waals surface area contributed by atoms with Crippen molar-refractivity contribution in [1.82, 2.24) is 9.97 Å². The predicted octanol–water partition coefficient (Wildman–Crippen LogP) is 2.52. The summed E-state index contributed by atoms with van der Waals surface area (Å²) in [5.41, 5.74) is 2.09. The summed E-state index contributed by atoms with van der Waals surface area (Å²) in [6.45, 7) is 3.47. The minimum atomic E-state index is -3.92. The second-order valence-electron chi connectivity index (χ2n) is 7.01. The first-order valence-corrected chi connectivity index (χ1v) is 12.6. The van der Waals surface area contributed by atoms with Gasteiger partial charge in [0.25, 0.3) is 15.9 Å². The number of carbonyl (C=O) groups excluding carboxylic acids is 1. The van der Waals surface area contributed by atoms with Gasteiger partial charge < -0.3 is 5.32 Å². The lowest BCUT2D eigenvalue weighted by Crippen LogP contribution is -2.16. The number of anilines is 3. The Labute approximate surface area is 186 Å². The Hall–Kier alpha value is -3.51. The molecule has 0 bridgehead atoms. The van der Waals surface area contributed by atoms with Crippen molar-refractivity contribution in [1.29, 1.82) is 0 Å². The molecule has 168 valence electrons. The number of nitrogens with zero attached hydrogens (tertiary/aromatic N) is 2. The van der Waals surface area contributed by atoms with Gasteiger partial charge in [0.15, 0.2) is 0 Å². The van der Waals surface area contributed by atoms with Crippen molar-refractivity contribution in [2.75, 3.05) is 21.0 Å². The first kappa shape index (κ1) is 23.2. The number of nitrogens with one attached hydrogen (secondary N) is 3. The summed E-state index contributed by atoms with van der Waals surface area (Å²) in [5.74, 6) is -0.512. The Morgan fingerprint density at radius 3 is 2.03 bits per heavy atom. The van der Waals surface area contributed by atoms with Gasteiger partial charge in [-0.3, -0.25) is 9.52 Å². The van der Waals surface area contributed by atoms with Gasteiger partial charge in [-0.2, -0.15) is 0 Å². The molecule has 3 N–H and O–H groups in total. The number of benzene rings is 2. The van der Waals surface area contributed by atoms with Crippen LogP contribution in [0.3, 0.4) is 0 Å². The fourth-order valence-electron chi connectivity index (χ4n) is 2.81. The van der Waals surface area contributed by atoms with E-state index in [0.717, 1.165) is 6.26 Å². The highest BCUT2D eigenvalue weighted by Gasteiger charge is 2.17. The van der Waals surface area contributed by atoms with Crippen LogP contribution in [0.5, 0.6) is 0 Å². The molecular weight excluding hydrogens is 454 g/mol. The molecule has 0 aliphatic rings. The van der Waals surface area contributed by atoms with Crippen molar-refractivity contribution in [2.45, 2.75) is 18.7 Å². The molecule has 0 atom stereocenters. The highest BCUT2D eigenvalue weighted by molar-refractivity contribution is 7.92. The van der Waals surface area contributed by atoms with E-state index in [2.05, 4.69) is 24.7 Å². The highest BCUT2D eigenvalue weighted by Crippen LogP contribution is 2.19. The van der Waals surface area contributed by atoms with Crippen molar-refractivity contribution in [3.8, 4) is 0 Å². The first-order valence-electron chi connectivity index (χ1n) is 9.26. The number of hydrogen-bond acceptors (Lipinski definition) is 7.